The van der Waals surface area contributed by atoms with Crippen LogP contribution in [0.15, 0.2) is 18.3 Å². The van der Waals surface area contributed by atoms with Gasteiger partial charge in [0.15, 0.2) is 5.13 Å². The van der Waals surface area contributed by atoms with Gasteiger partial charge in [-0.05, 0) is 44.1 Å². The Hall–Kier alpha value is -0.580. The summed E-state index contributed by atoms with van der Waals surface area (Å²) in [5.74, 6) is 0. The Morgan fingerprint density at radius 3 is 2.95 bits per heavy atom. The van der Waals surface area contributed by atoms with Crippen molar-refractivity contribution in [3.8, 4) is 0 Å². The molecule has 2 N–H and O–H groups in total. The fourth-order valence-corrected chi connectivity index (χ4v) is 4.10. The van der Waals surface area contributed by atoms with Crippen molar-refractivity contribution in [3.63, 3.8) is 0 Å². The fraction of sp³-hybridized carbons (Fsp3) is 0.643. The van der Waals surface area contributed by atoms with Crippen molar-refractivity contribution in [2.75, 3.05) is 18.8 Å². The maximum Gasteiger partial charge on any atom is 0.180 e. The monoisotopic (exact) mass is 299 g/mol. The van der Waals surface area contributed by atoms with Gasteiger partial charge in [0.1, 0.15) is 0 Å². The third-order valence-electron chi connectivity index (χ3n) is 4.25. The highest BCUT2D eigenvalue weighted by atomic mass is 35.5. The number of halogens is 1. The molecule has 1 aromatic rings. The van der Waals surface area contributed by atoms with Crippen molar-refractivity contribution in [1.29, 1.82) is 0 Å². The number of piperidine rings is 1. The van der Waals surface area contributed by atoms with Gasteiger partial charge >= 0.3 is 0 Å². The van der Waals surface area contributed by atoms with Crippen LogP contribution in [0.1, 0.15) is 37.0 Å². The minimum absolute atomic E-state index is 0. The summed E-state index contributed by atoms with van der Waals surface area (Å²) in [4.78, 5) is 8.04. The maximum absolute atomic E-state index is 5.70. The van der Waals surface area contributed by atoms with E-state index < -0.39 is 0 Å². The lowest BCUT2D eigenvalue weighted by atomic mass is 9.71. The van der Waals surface area contributed by atoms with Crippen molar-refractivity contribution in [3.05, 3.63) is 23.2 Å². The third-order valence-corrected chi connectivity index (χ3v) is 5.06. The van der Waals surface area contributed by atoms with Gasteiger partial charge in [0.25, 0.3) is 0 Å². The van der Waals surface area contributed by atoms with Crippen LogP contribution in [0.25, 0.3) is 0 Å². The predicted molar refractivity (Wildman–Crippen MR) is 83.7 cm³/mol. The first kappa shape index (κ1) is 14.8. The van der Waals surface area contributed by atoms with Crippen LogP contribution in [0.5, 0.6) is 0 Å². The van der Waals surface area contributed by atoms with E-state index in [1.54, 1.807) is 11.3 Å². The Balaban J connectivity index is 0.00000133. The van der Waals surface area contributed by atoms with E-state index in [1.165, 1.54) is 50.1 Å². The first-order valence-corrected chi connectivity index (χ1v) is 7.65. The number of likely N-dealkylation sites (tertiary alicyclic amines) is 1. The van der Waals surface area contributed by atoms with E-state index in [1.807, 2.05) is 6.20 Å². The van der Waals surface area contributed by atoms with Gasteiger partial charge in [0.05, 0.1) is 0 Å². The highest BCUT2D eigenvalue weighted by molar-refractivity contribution is 7.15. The van der Waals surface area contributed by atoms with Gasteiger partial charge in [0, 0.05) is 24.2 Å². The van der Waals surface area contributed by atoms with E-state index in [-0.39, 0.29) is 12.4 Å². The molecule has 1 fully saturated rings. The number of rotatable bonds is 2. The van der Waals surface area contributed by atoms with Crippen LogP contribution in [0.3, 0.4) is 0 Å². The van der Waals surface area contributed by atoms with Gasteiger partial charge in [-0.25, -0.2) is 4.98 Å². The molecule has 5 heteroatoms. The molecule has 1 atom stereocenters. The third kappa shape index (κ3) is 3.50. The molecule has 19 heavy (non-hydrogen) atoms. The number of nitrogen functional groups attached to an aromatic ring is 1. The lowest BCUT2D eigenvalue weighted by Crippen LogP contribution is -2.43. The molecule has 2 heterocycles. The molecule has 1 saturated heterocycles. The number of nitrogens with two attached hydrogens (primary N) is 1. The SMILES string of the molecule is Cl.Nc1ncc(CN2CCCC3(CC=CCC3)C2)s1. The molecule has 1 unspecified atom stereocenters. The van der Waals surface area contributed by atoms with Crippen molar-refractivity contribution in [2.45, 2.75) is 38.6 Å². The maximum atomic E-state index is 5.70. The molecular formula is C14H22ClN3S. The zero-order valence-corrected chi connectivity index (χ0v) is 12.8. The van der Waals surface area contributed by atoms with Crippen LogP contribution >= 0.6 is 23.7 Å². The summed E-state index contributed by atoms with van der Waals surface area (Å²) in [6, 6.07) is 0. The van der Waals surface area contributed by atoms with Crippen LogP contribution in [0, 0.1) is 5.41 Å². The van der Waals surface area contributed by atoms with Gasteiger partial charge in [-0.2, -0.15) is 0 Å². The normalized spacial score (nSPS) is 27.4. The van der Waals surface area contributed by atoms with Crippen molar-refractivity contribution in [1.82, 2.24) is 9.88 Å². The number of aromatic nitrogens is 1. The average molecular weight is 300 g/mol. The number of anilines is 1. The van der Waals surface area contributed by atoms with Gasteiger partial charge < -0.3 is 5.73 Å². The van der Waals surface area contributed by atoms with Crippen molar-refractivity contribution >= 4 is 28.9 Å². The summed E-state index contributed by atoms with van der Waals surface area (Å²) in [7, 11) is 0. The molecule has 1 aliphatic carbocycles. The summed E-state index contributed by atoms with van der Waals surface area (Å²) in [6.07, 6.45) is 13.3. The Morgan fingerprint density at radius 2 is 2.26 bits per heavy atom. The van der Waals surface area contributed by atoms with E-state index >= 15 is 0 Å². The Bertz CT molecular complexity index is 446. The Labute approximate surface area is 125 Å². The van der Waals surface area contributed by atoms with E-state index in [0.29, 0.717) is 10.5 Å². The predicted octanol–water partition coefficient (Wildman–Crippen LogP) is 3.47. The average Bonchev–Trinajstić information content (AvgIpc) is 2.76. The highest BCUT2D eigenvalue weighted by Crippen LogP contribution is 2.41. The summed E-state index contributed by atoms with van der Waals surface area (Å²) >= 11 is 1.63. The Morgan fingerprint density at radius 1 is 1.37 bits per heavy atom. The zero-order chi connectivity index (χ0) is 12.4. The second-order valence-electron chi connectivity index (χ2n) is 5.69. The number of allylic oxidation sites excluding steroid dienone is 2. The van der Waals surface area contributed by atoms with E-state index in [9.17, 15) is 0 Å². The molecule has 1 aliphatic heterocycles. The summed E-state index contributed by atoms with van der Waals surface area (Å²) in [5.41, 5.74) is 6.26. The van der Waals surface area contributed by atoms with Crippen LogP contribution in [-0.4, -0.2) is 23.0 Å². The molecule has 106 valence electrons. The number of nitrogens with zero attached hydrogens (tertiary/aromatic N) is 2. The van der Waals surface area contributed by atoms with Crippen LogP contribution in [-0.2, 0) is 6.54 Å². The lowest BCUT2D eigenvalue weighted by molar-refractivity contribution is 0.0747. The molecule has 3 rings (SSSR count). The molecule has 3 nitrogen and oxygen atoms in total. The molecule has 1 spiro atoms. The van der Waals surface area contributed by atoms with Crippen molar-refractivity contribution < 1.29 is 0 Å². The first-order chi connectivity index (χ1) is 8.76. The number of hydrogen-bond acceptors (Lipinski definition) is 4. The largest absolute Gasteiger partial charge is 0.375 e. The van der Waals surface area contributed by atoms with Gasteiger partial charge in [0.2, 0.25) is 0 Å². The van der Waals surface area contributed by atoms with E-state index in [2.05, 4.69) is 22.0 Å². The first-order valence-electron chi connectivity index (χ1n) is 6.83. The smallest absolute Gasteiger partial charge is 0.180 e. The number of hydrogen-bond donors (Lipinski definition) is 1. The van der Waals surface area contributed by atoms with Crippen LogP contribution < -0.4 is 5.73 Å². The molecule has 0 saturated carbocycles. The summed E-state index contributed by atoms with van der Waals surface area (Å²) in [6.45, 7) is 3.50. The molecule has 0 bridgehead atoms. The van der Waals surface area contributed by atoms with Gasteiger partial charge in [-0.3, -0.25) is 4.90 Å². The van der Waals surface area contributed by atoms with Gasteiger partial charge in [-0.15, -0.1) is 23.7 Å². The topological polar surface area (TPSA) is 42.1 Å². The molecule has 2 aliphatic rings. The van der Waals surface area contributed by atoms with Gasteiger partial charge in [-0.1, -0.05) is 12.2 Å². The summed E-state index contributed by atoms with van der Waals surface area (Å²) < 4.78 is 0. The van der Waals surface area contributed by atoms with Crippen LogP contribution in [0.2, 0.25) is 0 Å². The fourth-order valence-electron chi connectivity index (χ4n) is 3.37. The van der Waals surface area contributed by atoms with Crippen molar-refractivity contribution in [2.24, 2.45) is 5.41 Å². The minimum atomic E-state index is 0. The minimum Gasteiger partial charge on any atom is -0.375 e. The molecule has 1 aromatic heterocycles. The molecule has 0 aromatic carbocycles. The zero-order valence-electron chi connectivity index (χ0n) is 11.2. The Kier molecular flexibility index (Phi) is 4.87. The van der Waals surface area contributed by atoms with E-state index in [4.69, 9.17) is 5.73 Å². The quantitative estimate of drug-likeness (QED) is 0.850. The molecular weight excluding hydrogens is 278 g/mol. The van der Waals surface area contributed by atoms with E-state index in [0.717, 1.165) is 6.54 Å². The molecule has 0 radical (unpaired) electrons. The standard InChI is InChI=1S/C14H21N3S.ClH/c15-13-16-9-12(18-13)10-17-8-4-7-14(11-17)5-2-1-3-6-14;/h1-2,9H,3-8,10-11H2,(H2,15,16);1H. The number of thiazole rings is 1. The van der Waals surface area contributed by atoms with Crippen LogP contribution in [0.4, 0.5) is 5.13 Å². The lowest BCUT2D eigenvalue weighted by Gasteiger charge is -2.43. The highest BCUT2D eigenvalue weighted by Gasteiger charge is 2.34. The second kappa shape index (κ2) is 6.25. The summed E-state index contributed by atoms with van der Waals surface area (Å²) in [5, 5.41) is 0.692. The second-order valence-corrected chi connectivity index (χ2v) is 6.84. The molecule has 0 amide bonds.